The number of nitrogens with zero attached hydrogens (tertiary/aromatic N) is 1. The van der Waals surface area contributed by atoms with E-state index in [4.69, 9.17) is 26.7 Å². The molecule has 11 amide bonds. The van der Waals surface area contributed by atoms with Crippen molar-refractivity contribution in [3.63, 3.8) is 0 Å². The predicted octanol–water partition coefficient (Wildman–Crippen LogP) is -0.481. The number of benzene rings is 4. The van der Waals surface area contributed by atoms with Crippen molar-refractivity contribution >= 4 is 92.5 Å². The number of hydrogen-bond donors (Lipinski definition) is 15. The van der Waals surface area contributed by atoms with Gasteiger partial charge in [0.15, 0.2) is 5.60 Å². The third kappa shape index (κ3) is 16.6. The first-order valence-electron chi connectivity index (χ1n) is 30.2. The molecule has 2 fully saturated rings. The second kappa shape index (κ2) is 31.3. The lowest BCUT2D eigenvalue weighted by atomic mass is 9.77. The Morgan fingerprint density at radius 1 is 0.723 bits per heavy atom. The lowest BCUT2D eigenvalue weighted by Crippen LogP contribution is -2.61. The minimum Gasteiger partial charge on any atom is -0.508 e. The van der Waals surface area contributed by atoms with Gasteiger partial charge in [-0.1, -0.05) is 54.0 Å². The van der Waals surface area contributed by atoms with Crippen LogP contribution < -0.4 is 64.5 Å². The van der Waals surface area contributed by atoms with Crippen LogP contribution >= 0.6 is 21.6 Å². The number of fused-ring (bicyclic) bond motifs is 6. The van der Waals surface area contributed by atoms with Gasteiger partial charge in [-0.05, 0) is 105 Å². The molecule has 4 aromatic carbocycles. The van der Waals surface area contributed by atoms with Crippen molar-refractivity contribution in [1.82, 2.24) is 47.4 Å². The van der Waals surface area contributed by atoms with Crippen molar-refractivity contribution in [2.45, 2.75) is 126 Å². The predicted molar refractivity (Wildman–Crippen MR) is 337 cm³/mol. The number of unbranched alkanes of at least 4 members (excludes halogenated alkanes) is 1. The molecule has 9 atom stereocenters. The number of carbonyl (C=O) groups excluding carboxylic acids is 12. The first kappa shape index (κ1) is 70.2. The summed E-state index contributed by atoms with van der Waals surface area (Å²) in [5, 5.41) is 62.4. The minimum atomic E-state index is -1.83. The van der Waals surface area contributed by atoms with Gasteiger partial charge < -0.3 is 94.5 Å². The van der Waals surface area contributed by atoms with Gasteiger partial charge in [0.2, 0.25) is 53.2 Å². The molecular formula is C62H74N12O18S2. The van der Waals surface area contributed by atoms with Crippen molar-refractivity contribution in [3.05, 3.63) is 112 Å². The molecule has 502 valence electrons. The van der Waals surface area contributed by atoms with Crippen molar-refractivity contribution < 1.29 is 87.4 Å². The number of amides is 11. The molecule has 4 aliphatic heterocycles. The van der Waals surface area contributed by atoms with Gasteiger partial charge >= 0.3 is 5.97 Å². The summed E-state index contributed by atoms with van der Waals surface area (Å²) in [4.78, 5) is 166. The Labute approximate surface area is 546 Å². The molecule has 30 nitrogen and oxygen atoms in total. The van der Waals surface area contributed by atoms with Crippen LogP contribution in [0.25, 0.3) is 0 Å². The van der Waals surface area contributed by atoms with Gasteiger partial charge in [-0.25, -0.2) is 4.79 Å². The fourth-order valence-corrected chi connectivity index (χ4v) is 13.5. The molecule has 2 saturated heterocycles. The van der Waals surface area contributed by atoms with E-state index in [2.05, 4.69) is 42.5 Å². The number of primary amides is 2. The highest BCUT2D eigenvalue weighted by Crippen LogP contribution is 2.57. The van der Waals surface area contributed by atoms with Crippen LogP contribution in [-0.2, 0) is 58.3 Å². The molecular weight excluding hydrogens is 1260 g/mol. The van der Waals surface area contributed by atoms with Gasteiger partial charge in [-0.2, -0.15) is 0 Å². The monoisotopic (exact) mass is 1340 g/mol. The molecule has 0 bridgehead atoms. The standard InChI is InChI=1S/C62H74N12O18S2/c1-3-30(2)50-58(87)69-41(19-20-48(64)79)54(83)70-42(26-49(65)80)55(84)71-43(27-93-94-28-45(78)57(86)73-51(59(88)72-50)31-9-12-33(75)13-10-31)60(89)74-22-6-8-44(74)56(85)68-40(53(82)67-29-63)7-4-5-21-66-52(81)32-11-16-36-39(23-32)62(92-61(36)90)37-17-14-34(76)24-46(37)91-47-25-35(77)15-18-38(47)62/h9-18,23-25,30,40-45,50-51,75-78H,3-8,19-22,26-29,63H2,1-2H3,(H2,64,79)(H2,65,80)(H,66,81)(H,67,82)(H,68,85)(H,69,87)(H,70,83)(H,71,84)(H,72,88)(H,73,86). The molecule has 32 heteroatoms. The molecule has 0 aliphatic carbocycles. The number of likely N-dealkylation sites (tertiary alicyclic amines) is 1. The number of hydrogen-bond acceptors (Lipinski definition) is 21. The molecule has 1 spiro atoms. The summed E-state index contributed by atoms with van der Waals surface area (Å²) in [6.45, 7) is 3.05. The van der Waals surface area contributed by atoms with Gasteiger partial charge in [0.1, 0.15) is 77.1 Å². The summed E-state index contributed by atoms with van der Waals surface area (Å²) in [5.74, 6) is -12.2. The number of nitrogens with two attached hydrogens (primary N) is 3. The molecule has 18 N–H and O–H groups in total. The summed E-state index contributed by atoms with van der Waals surface area (Å²) in [6.07, 6.45) is -2.43. The first-order valence-corrected chi connectivity index (χ1v) is 32.7. The summed E-state index contributed by atoms with van der Waals surface area (Å²) >= 11 is 0. The zero-order valence-corrected chi connectivity index (χ0v) is 52.7. The molecule has 4 aliphatic rings. The van der Waals surface area contributed by atoms with Crippen LogP contribution in [0, 0.1) is 5.92 Å². The Bertz CT molecular complexity index is 3550. The maximum absolute atomic E-state index is 14.8. The molecule has 8 rings (SSSR count). The second-order valence-corrected chi connectivity index (χ2v) is 25.4. The quantitative estimate of drug-likeness (QED) is 0.0244. The normalized spacial score (nSPS) is 22.1. The lowest BCUT2D eigenvalue weighted by molar-refractivity contribution is -0.142. The highest BCUT2D eigenvalue weighted by Gasteiger charge is 2.54. The Kier molecular flexibility index (Phi) is 23.4. The Balaban J connectivity index is 0.967. The van der Waals surface area contributed by atoms with Crippen LogP contribution in [0.3, 0.4) is 0 Å². The molecule has 0 radical (unpaired) electrons. The number of phenolic OH excluding ortho intramolecular Hbond substituents is 3. The van der Waals surface area contributed by atoms with Crippen LogP contribution in [0.5, 0.6) is 28.7 Å². The second-order valence-electron chi connectivity index (χ2n) is 22.9. The van der Waals surface area contributed by atoms with E-state index in [0.717, 1.165) is 21.6 Å². The van der Waals surface area contributed by atoms with Gasteiger partial charge in [-0.15, -0.1) is 0 Å². The summed E-state index contributed by atoms with van der Waals surface area (Å²) in [5.41, 5.74) is 16.5. The average Bonchev–Trinajstić information content (AvgIpc) is 1.47. The van der Waals surface area contributed by atoms with Crippen molar-refractivity contribution in [2.75, 3.05) is 31.3 Å². The fraction of sp³-hybridized carbons (Fsp3) is 0.419. The summed E-state index contributed by atoms with van der Waals surface area (Å²) in [6, 6.07) is 7.62. The molecule has 0 aromatic heterocycles. The number of rotatable bonds is 19. The van der Waals surface area contributed by atoms with E-state index in [0.29, 0.717) is 16.7 Å². The number of phenols is 3. The average molecular weight is 1340 g/mol. The Morgan fingerprint density at radius 2 is 1.37 bits per heavy atom. The molecule has 94 heavy (non-hydrogen) atoms. The highest BCUT2D eigenvalue weighted by atomic mass is 33.1. The summed E-state index contributed by atoms with van der Waals surface area (Å²) in [7, 11) is 1.77. The number of ether oxygens (including phenoxy) is 2. The van der Waals surface area contributed by atoms with E-state index in [9.17, 15) is 78.0 Å². The first-order chi connectivity index (χ1) is 44.8. The number of aliphatic hydroxyl groups is 1. The lowest BCUT2D eigenvalue weighted by Gasteiger charge is -2.36. The van der Waals surface area contributed by atoms with Gasteiger partial charge in [0.25, 0.3) is 11.8 Å². The van der Waals surface area contributed by atoms with E-state index in [-0.39, 0.29) is 115 Å². The van der Waals surface area contributed by atoms with Crippen molar-refractivity contribution in [3.8, 4) is 28.7 Å². The van der Waals surface area contributed by atoms with Crippen LogP contribution in [0.15, 0.2) is 78.9 Å². The number of esters is 1. The van der Waals surface area contributed by atoms with E-state index < -0.39 is 150 Å². The van der Waals surface area contributed by atoms with Gasteiger partial charge in [0, 0.05) is 65.4 Å². The molecule has 4 heterocycles. The maximum atomic E-state index is 14.8. The SMILES string of the molecule is CCC(C)C1NC(=O)C(c2ccc(O)cc2)NC(=O)C(O)CSSCC(C(=O)N2CCCC2C(=O)NC(CCCCNC(=O)c2ccc3c(c2)C2(OC3=O)c3ccc(O)cc3Oc3cc(O)ccc32)C(=O)NCN)NC(=O)C(CC(N)=O)NC(=O)C(CCC(N)=O)NC1=O. The van der Waals surface area contributed by atoms with Gasteiger partial charge in [0.05, 0.1) is 18.7 Å². The zero-order chi connectivity index (χ0) is 68.1. The molecule has 4 aromatic rings. The van der Waals surface area contributed by atoms with Crippen molar-refractivity contribution in [2.24, 2.45) is 23.1 Å². The van der Waals surface area contributed by atoms with Crippen LogP contribution in [0.2, 0.25) is 0 Å². The molecule has 0 saturated carbocycles. The third-order valence-electron chi connectivity index (χ3n) is 16.4. The van der Waals surface area contributed by atoms with Gasteiger partial charge in [-0.3, -0.25) is 52.7 Å². The topological polar surface area (TPSA) is 482 Å². The number of nitrogens with one attached hydrogen (secondary N) is 8. The number of aliphatic hydroxyl groups excluding tert-OH is 1. The minimum absolute atomic E-state index is 0.0144. The highest BCUT2D eigenvalue weighted by molar-refractivity contribution is 8.76. The van der Waals surface area contributed by atoms with Crippen molar-refractivity contribution in [1.29, 1.82) is 0 Å². The van der Waals surface area contributed by atoms with E-state index in [1.54, 1.807) is 13.8 Å². The zero-order valence-electron chi connectivity index (χ0n) is 51.1. The van der Waals surface area contributed by atoms with E-state index in [1.165, 1.54) is 83.8 Å². The number of aromatic hydroxyl groups is 3. The fourth-order valence-electron chi connectivity index (χ4n) is 11.3. The smallest absolute Gasteiger partial charge is 0.340 e. The molecule has 9 unspecified atom stereocenters. The number of carbonyl (C=O) groups is 12. The van der Waals surface area contributed by atoms with E-state index in [1.807, 2.05) is 0 Å². The Hall–Kier alpha value is -9.66. The van der Waals surface area contributed by atoms with Crippen LogP contribution in [-0.4, -0.2) is 170 Å². The third-order valence-corrected chi connectivity index (χ3v) is 18.8. The van der Waals surface area contributed by atoms with Crippen LogP contribution in [0.4, 0.5) is 0 Å². The van der Waals surface area contributed by atoms with E-state index >= 15 is 0 Å². The van der Waals surface area contributed by atoms with Crippen LogP contribution in [0.1, 0.15) is 121 Å². The maximum Gasteiger partial charge on any atom is 0.340 e. The summed E-state index contributed by atoms with van der Waals surface area (Å²) < 4.78 is 12.1. The Morgan fingerprint density at radius 3 is 2.02 bits per heavy atom. The largest absolute Gasteiger partial charge is 0.508 e.